The Kier molecular flexibility index (Phi) is 5.50. The van der Waals surface area contributed by atoms with E-state index in [1.165, 1.54) is 35.4 Å². The molecular formula is C20H19F4N3O2. The summed E-state index contributed by atoms with van der Waals surface area (Å²) in [5, 5.41) is 0.739. The summed E-state index contributed by atoms with van der Waals surface area (Å²) in [6.07, 6.45) is -3.24. The van der Waals surface area contributed by atoms with Crippen molar-refractivity contribution in [3.8, 4) is 5.75 Å². The number of alkyl halides is 3. The van der Waals surface area contributed by atoms with E-state index in [1.54, 1.807) is 37.7 Å². The Hall–Kier alpha value is -3.10. The van der Waals surface area contributed by atoms with E-state index in [0.29, 0.717) is 16.9 Å². The molecule has 5 nitrogen and oxygen atoms in total. The molecule has 3 rings (SSSR count). The summed E-state index contributed by atoms with van der Waals surface area (Å²) in [5.41, 5.74) is 1.47. The number of carbonyl (C=O) groups is 1. The first-order chi connectivity index (χ1) is 13.6. The number of hydrogen-bond acceptors (Lipinski definition) is 3. The van der Waals surface area contributed by atoms with Crippen molar-refractivity contribution in [3.05, 3.63) is 59.8 Å². The second-order valence-corrected chi connectivity index (χ2v) is 6.71. The zero-order valence-corrected chi connectivity index (χ0v) is 16.0. The number of benzene rings is 1. The molecule has 154 valence electrons. The molecule has 2 heterocycles. The minimum atomic E-state index is -4.43. The van der Waals surface area contributed by atoms with Crippen molar-refractivity contribution >= 4 is 16.8 Å². The number of nitrogens with zero attached hydrogens (tertiary/aromatic N) is 3. The molecule has 0 radical (unpaired) electrons. The maximum atomic E-state index is 13.5. The quantitative estimate of drug-likeness (QED) is 0.584. The second-order valence-electron chi connectivity index (χ2n) is 6.71. The Morgan fingerprint density at radius 2 is 1.97 bits per heavy atom. The molecule has 1 amide bonds. The summed E-state index contributed by atoms with van der Waals surface area (Å²) in [6.45, 7) is 0.350. The first-order valence-corrected chi connectivity index (χ1v) is 8.74. The van der Waals surface area contributed by atoms with E-state index < -0.39 is 24.6 Å². The monoisotopic (exact) mass is 409 g/mol. The normalized spacial score (nSPS) is 12.8. The Morgan fingerprint density at radius 1 is 1.24 bits per heavy atom. The van der Waals surface area contributed by atoms with Crippen molar-refractivity contribution in [2.75, 3.05) is 13.7 Å². The first kappa shape index (κ1) is 20.6. The molecule has 0 aliphatic rings. The number of fused-ring (bicyclic) bond motifs is 1. The van der Waals surface area contributed by atoms with Crippen molar-refractivity contribution in [1.82, 2.24) is 14.5 Å². The highest BCUT2D eigenvalue weighted by molar-refractivity contribution is 5.98. The molecule has 9 heteroatoms. The van der Waals surface area contributed by atoms with E-state index >= 15 is 0 Å². The molecule has 0 bridgehead atoms. The van der Waals surface area contributed by atoms with Gasteiger partial charge in [-0.05, 0) is 43.3 Å². The molecule has 1 atom stereocenters. The number of ether oxygens (including phenoxy) is 1. The van der Waals surface area contributed by atoms with Crippen LogP contribution in [0.1, 0.15) is 29.1 Å². The molecule has 0 N–H and O–H groups in total. The lowest BCUT2D eigenvalue weighted by Gasteiger charge is -2.25. The average molecular weight is 409 g/mol. The highest BCUT2D eigenvalue weighted by atomic mass is 19.4. The van der Waals surface area contributed by atoms with Gasteiger partial charge in [0.2, 0.25) is 0 Å². The summed E-state index contributed by atoms with van der Waals surface area (Å²) in [6, 6.07) is 8.41. The molecular weight excluding hydrogens is 390 g/mol. The maximum absolute atomic E-state index is 13.5. The van der Waals surface area contributed by atoms with Gasteiger partial charge in [0, 0.05) is 19.5 Å². The number of amides is 1. The zero-order valence-electron chi connectivity index (χ0n) is 16.0. The molecule has 0 saturated heterocycles. The van der Waals surface area contributed by atoms with E-state index in [-0.39, 0.29) is 11.7 Å². The fourth-order valence-electron chi connectivity index (χ4n) is 2.95. The number of pyridine rings is 1. The molecule has 0 aliphatic carbocycles. The van der Waals surface area contributed by atoms with E-state index in [1.807, 2.05) is 0 Å². The third-order valence-electron chi connectivity index (χ3n) is 4.72. The van der Waals surface area contributed by atoms with Crippen LogP contribution in [-0.4, -0.2) is 40.2 Å². The van der Waals surface area contributed by atoms with Crippen LogP contribution in [0, 0.1) is 5.82 Å². The third kappa shape index (κ3) is 4.49. The van der Waals surface area contributed by atoms with Crippen LogP contribution in [0.25, 0.3) is 10.9 Å². The van der Waals surface area contributed by atoms with Gasteiger partial charge < -0.3 is 14.2 Å². The number of halogens is 4. The van der Waals surface area contributed by atoms with Gasteiger partial charge in [-0.3, -0.25) is 9.78 Å². The fourth-order valence-corrected chi connectivity index (χ4v) is 2.95. The van der Waals surface area contributed by atoms with Gasteiger partial charge >= 0.3 is 6.18 Å². The van der Waals surface area contributed by atoms with Crippen LogP contribution in [-0.2, 0) is 7.05 Å². The number of rotatable bonds is 5. The molecule has 1 unspecified atom stereocenters. The Labute approximate surface area is 164 Å². The SMILES string of the molecule is CC(c1ccc(OCC(F)(F)F)cn1)N(C)C(=O)c1cc2ccc(F)cc2n1C. The molecule has 3 aromatic rings. The van der Waals surface area contributed by atoms with Gasteiger partial charge in [0.15, 0.2) is 6.61 Å². The highest BCUT2D eigenvalue weighted by Crippen LogP contribution is 2.25. The summed E-state index contributed by atoms with van der Waals surface area (Å²) in [7, 11) is 3.28. The first-order valence-electron chi connectivity index (χ1n) is 8.74. The van der Waals surface area contributed by atoms with Gasteiger partial charge in [-0.2, -0.15) is 13.2 Å². The van der Waals surface area contributed by atoms with Crippen LogP contribution in [0.4, 0.5) is 17.6 Å². The van der Waals surface area contributed by atoms with Gasteiger partial charge in [-0.1, -0.05) is 0 Å². The molecule has 29 heavy (non-hydrogen) atoms. The fraction of sp³-hybridized carbons (Fsp3) is 0.300. The van der Waals surface area contributed by atoms with Crippen LogP contribution in [0.2, 0.25) is 0 Å². The van der Waals surface area contributed by atoms with Crippen molar-refractivity contribution < 1.29 is 27.1 Å². The van der Waals surface area contributed by atoms with Crippen molar-refractivity contribution in [1.29, 1.82) is 0 Å². The van der Waals surface area contributed by atoms with Crippen LogP contribution < -0.4 is 4.74 Å². The number of aromatic nitrogens is 2. The topological polar surface area (TPSA) is 47.4 Å². The second kappa shape index (κ2) is 7.73. The highest BCUT2D eigenvalue weighted by Gasteiger charge is 2.28. The zero-order chi connectivity index (χ0) is 21.3. The summed E-state index contributed by atoms with van der Waals surface area (Å²) in [4.78, 5) is 18.5. The molecule has 0 aliphatic heterocycles. The number of carbonyl (C=O) groups excluding carboxylic acids is 1. The minimum absolute atomic E-state index is 0.0111. The molecule has 2 aromatic heterocycles. The van der Waals surface area contributed by atoms with E-state index in [0.717, 1.165) is 5.39 Å². The predicted molar refractivity (Wildman–Crippen MR) is 99.2 cm³/mol. The van der Waals surface area contributed by atoms with Crippen molar-refractivity contribution in [2.45, 2.75) is 19.1 Å². The largest absolute Gasteiger partial charge is 0.483 e. The van der Waals surface area contributed by atoms with Crippen molar-refractivity contribution in [2.24, 2.45) is 7.05 Å². The molecule has 1 aromatic carbocycles. The average Bonchev–Trinajstić information content (AvgIpc) is 3.00. The summed E-state index contributed by atoms with van der Waals surface area (Å²) < 4.78 is 56.4. The Morgan fingerprint density at radius 3 is 2.59 bits per heavy atom. The van der Waals surface area contributed by atoms with Crippen LogP contribution in [0.3, 0.4) is 0 Å². The Balaban J connectivity index is 1.76. The van der Waals surface area contributed by atoms with Gasteiger partial charge in [0.05, 0.1) is 23.4 Å². The van der Waals surface area contributed by atoms with Gasteiger partial charge in [0.25, 0.3) is 5.91 Å². The number of aryl methyl sites for hydroxylation is 1. The van der Waals surface area contributed by atoms with E-state index in [4.69, 9.17) is 0 Å². The molecule has 0 saturated carbocycles. The maximum Gasteiger partial charge on any atom is 0.422 e. The lowest BCUT2D eigenvalue weighted by molar-refractivity contribution is -0.153. The lowest BCUT2D eigenvalue weighted by atomic mass is 10.1. The van der Waals surface area contributed by atoms with Gasteiger partial charge in [0.1, 0.15) is 17.3 Å². The van der Waals surface area contributed by atoms with Crippen LogP contribution >= 0.6 is 0 Å². The molecule has 0 fully saturated rings. The third-order valence-corrected chi connectivity index (χ3v) is 4.72. The lowest BCUT2D eigenvalue weighted by Crippen LogP contribution is -2.31. The minimum Gasteiger partial charge on any atom is -0.483 e. The van der Waals surface area contributed by atoms with E-state index in [9.17, 15) is 22.4 Å². The standard InChI is InChI=1S/C20H19F4N3O2/c1-12(16-7-6-15(10-25-16)29-11-20(22,23)24)26(2)19(28)18-8-13-4-5-14(21)9-17(13)27(18)3/h4-10,12H,11H2,1-3H3. The predicted octanol–water partition coefficient (Wildman–Crippen LogP) is 4.49. The van der Waals surface area contributed by atoms with Gasteiger partial charge in [-0.25, -0.2) is 4.39 Å². The van der Waals surface area contributed by atoms with Crippen molar-refractivity contribution in [3.63, 3.8) is 0 Å². The summed E-state index contributed by atoms with van der Waals surface area (Å²) in [5.74, 6) is -0.699. The smallest absolute Gasteiger partial charge is 0.422 e. The van der Waals surface area contributed by atoms with Crippen LogP contribution in [0.15, 0.2) is 42.6 Å². The van der Waals surface area contributed by atoms with Crippen LogP contribution in [0.5, 0.6) is 5.75 Å². The Bertz CT molecular complexity index is 1030. The van der Waals surface area contributed by atoms with Gasteiger partial charge in [-0.15, -0.1) is 0 Å². The molecule has 0 spiro atoms. The summed E-state index contributed by atoms with van der Waals surface area (Å²) >= 11 is 0. The van der Waals surface area contributed by atoms with E-state index in [2.05, 4.69) is 9.72 Å². The number of hydrogen-bond donors (Lipinski definition) is 0.